The van der Waals surface area contributed by atoms with E-state index >= 15 is 0 Å². The summed E-state index contributed by atoms with van der Waals surface area (Å²) in [7, 11) is 0. The molecular formula is C15H14Cl2N2O. The first kappa shape index (κ1) is 14.7. The van der Waals surface area contributed by atoms with Crippen LogP contribution in [-0.4, -0.2) is 10.9 Å². The molecule has 0 bridgehead atoms. The highest BCUT2D eigenvalue weighted by atomic mass is 35.5. The molecule has 5 heteroatoms. The van der Waals surface area contributed by atoms with Crippen LogP contribution in [0.1, 0.15) is 16.7 Å². The number of aliphatic imine (C=N–C) groups is 1. The minimum absolute atomic E-state index is 0.111. The van der Waals surface area contributed by atoms with E-state index in [0.29, 0.717) is 22.4 Å². The van der Waals surface area contributed by atoms with Gasteiger partial charge in [0.2, 0.25) is 0 Å². The van der Waals surface area contributed by atoms with Gasteiger partial charge in [-0.1, -0.05) is 35.3 Å². The summed E-state index contributed by atoms with van der Waals surface area (Å²) in [5, 5.41) is 10.6. The number of halogens is 2. The van der Waals surface area contributed by atoms with Crippen LogP contribution < -0.4 is 5.73 Å². The van der Waals surface area contributed by atoms with Crippen LogP contribution in [0.25, 0.3) is 0 Å². The van der Waals surface area contributed by atoms with Gasteiger partial charge in [0.1, 0.15) is 11.6 Å². The van der Waals surface area contributed by atoms with Gasteiger partial charge in [-0.25, -0.2) is 0 Å². The van der Waals surface area contributed by atoms with Crippen LogP contribution >= 0.6 is 23.2 Å². The highest BCUT2D eigenvalue weighted by molar-refractivity contribution is 6.31. The molecule has 0 saturated heterocycles. The third-order valence-electron chi connectivity index (χ3n) is 2.84. The maximum Gasteiger partial charge on any atom is 0.126 e. The summed E-state index contributed by atoms with van der Waals surface area (Å²) in [5.74, 6) is 0.506. The number of benzene rings is 2. The fourth-order valence-corrected chi connectivity index (χ4v) is 2.18. The van der Waals surface area contributed by atoms with Gasteiger partial charge in [0.25, 0.3) is 0 Å². The zero-order chi connectivity index (χ0) is 14.7. The maximum atomic E-state index is 9.46. The van der Waals surface area contributed by atoms with Crippen LogP contribution in [0.2, 0.25) is 10.0 Å². The second kappa shape index (κ2) is 6.16. The van der Waals surface area contributed by atoms with E-state index < -0.39 is 0 Å². The topological polar surface area (TPSA) is 58.6 Å². The summed E-state index contributed by atoms with van der Waals surface area (Å²) in [5.41, 5.74) is 8.48. The first-order valence-electron chi connectivity index (χ1n) is 6.00. The summed E-state index contributed by atoms with van der Waals surface area (Å²) < 4.78 is 0. The summed E-state index contributed by atoms with van der Waals surface area (Å²) in [4.78, 5) is 4.28. The molecule has 20 heavy (non-hydrogen) atoms. The lowest BCUT2D eigenvalue weighted by atomic mass is 10.1. The van der Waals surface area contributed by atoms with Gasteiger partial charge in [-0.2, -0.15) is 0 Å². The first-order chi connectivity index (χ1) is 9.45. The van der Waals surface area contributed by atoms with Crippen LogP contribution in [0.3, 0.4) is 0 Å². The molecule has 0 spiro atoms. The molecule has 2 rings (SSSR count). The van der Waals surface area contributed by atoms with E-state index in [1.54, 1.807) is 18.2 Å². The Morgan fingerprint density at radius 3 is 2.60 bits per heavy atom. The average molecular weight is 309 g/mol. The highest BCUT2D eigenvalue weighted by Gasteiger charge is 2.03. The Balaban J connectivity index is 2.19. The molecule has 0 aliphatic rings. The van der Waals surface area contributed by atoms with Crippen molar-refractivity contribution in [3.8, 4) is 5.75 Å². The molecular weight excluding hydrogens is 295 g/mol. The van der Waals surface area contributed by atoms with Gasteiger partial charge in [-0.05, 0) is 42.3 Å². The fourth-order valence-electron chi connectivity index (χ4n) is 1.74. The Morgan fingerprint density at radius 2 is 1.95 bits per heavy atom. The first-order valence-corrected chi connectivity index (χ1v) is 6.76. The minimum Gasteiger partial charge on any atom is -0.508 e. The van der Waals surface area contributed by atoms with Gasteiger partial charge in [-0.3, -0.25) is 4.99 Å². The van der Waals surface area contributed by atoms with E-state index in [2.05, 4.69) is 4.99 Å². The maximum absolute atomic E-state index is 9.46. The van der Waals surface area contributed by atoms with Gasteiger partial charge in [0.15, 0.2) is 0 Å². The Morgan fingerprint density at radius 1 is 1.20 bits per heavy atom. The van der Waals surface area contributed by atoms with Crippen molar-refractivity contribution >= 4 is 29.0 Å². The van der Waals surface area contributed by atoms with Crippen LogP contribution in [0.15, 0.2) is 41.4 Å². The van der Waals surface area contributed by atoms with Gasteiger partial charge in [-0.15, -0.1) is 0 Å². The Kier molecular flexibility index (Phi) is 4.53. The van der Waals surface area contributed by atoms with Crippen molar-refractivity contribution in [2.75, 3.05) is 0 Å². The Bertz CT molecular complexity index is 649. The minimum atomic E-state index is 0.111. The zero-order valence-electron chi connectivity index (χ0n) is 10.9. The van der Waals surface area contributed by atoms with E-state index in [1.165, 1.54) is 6.07 Å². The molecule has 3 nitrogen and oxygen atoms in total. The summed E-state index contributed by atoms with van der Waals surface area (Å²) in [6, 6.07) is 10.4. The molecule has 0 amide bonds. The predicted molar refractivity (Wildman–Crippen MR) is 83.7 cm³/mol. The number of rotatable bonds is 3. The quantitative estimate of drug-likeness (QED) is 0.667. The number of aromatic hydroxyl groups is 1. The Labute approximate surface area is 127 Å². The summed E-state index contributed by atoms with van der Waals surface area (Å²) >= 11 is 11.9. The van der Waals surface area contributed by atoms with E-state index in [9.17, 15) is 5.11 Å². The lowest BCUT2D eigenvalue weighted by Crippen LogP contribution is -2.13. The predicted octanol–water partition coefficient (Wildman–Crippen LogP) is 3.91. The third kappa shape index (κ3) is 3.65. The molecule has 0 saturated carbocycles. The molecule has 0 aromatic heterocycles. The zero-order valence-corrected chi connectivity index (χ0v) is 12.4. The lowest BCUT2D eigenvalue weighted by molar-refractivity contribution is 0.474. The number of nitrogens with zero attached hydrogens (tertiary/aromatic N) is 1. The van der Waals surface area contributed by atoms with Gasteiger partial charge in [0.05, 0.1) is 6.54 Å². The van der Waals surface area contributed by atoms with Crippen molar-refractivity contribution in [1.29, 1.82) is 0 Å². The Hall–Kier alpha value is -1.71. The molecule has 0 aliphatic heterocycles. The average Bonchev–Trinajstić information content (AvgIpc) is 2.38. The molecule has 2 aromatic rings. The van der Waals surface area contributed by atoms with Crippen LogP contribution in [0, 0.1) is 6.92 Å². The fraction of sp³-hybridized carbons (Fsp3) is 0.133. The van der Waals surface area contributed by atoms with Crippen LogP contribution in [0.4, 0.5) is 0 Å². The molecule has 2 aromatic carbocycles. The monoisotopic (exact) mass is 308 g/mol. The van der Waals surface area contributed by atoms with Crippen molar-refractivity contribution in [3.63, 3.8) is 0 Å². The molecule has 104 valence electrons. The smallest absolute Gasteiger partial charge is 0.126 e. The van der Waals surface area contributed by atoms with Crippen LogP contribution in [0.5, 0.6) is 5.75 Å². The van der Waals surface area contributed by atoms with Crippen molar-refractivity contribution in [1.82, 2.24) is 0 Å². The number of aryl methyl sites for hydroxylation is 1. The van der Waals surface area contributed by atoms with E-state index in [0.717, 1.165) is 16.7 Å². The largest absolute Gasteiger partial charge is 0.508 e. The van der Waals surface area contributed by atoms with Crippen molar-refractivity contribution < 1.29 is 5.11 Å². The second-order valence-corrected chi connectivity index (χ2v) is 5.33. The van der Waals surface area contributed by atoms with E-state index in [-0.39, 0.29) is 5.75 Å². The van der Waals surface area contributed by atoms with Gasteiger partial charge in [0, 0.05) is 15.6 Å². The molecule has 0 fully saturated rings. The number of phenols is 1. The molecule has 3 N–H and O–H groups in total. The third-order valence-corrected chi connectivity index (χ3v) is 3.47. The molecule has 0 atom stereocenters. The highest BCUT2D eigenvalue weighted by Crippen LogP contribution is 2.20. The van der Waals surface area contributed by atoms with Gasteiger partial charge >= 0.3 is 0 Å². The number of amidine groups is 1. The lowest BCUT2D eigenvalue weighted by Gasteiger charge is -2.05. The van der Waals surface area contributed by atoms with E-state index in [4.69, 9.17) is 28.9 Å². The molecule has 0 radical (unpaired) electrons. The normalized spacial score (nSPS) is 11.7. The number of phenolic OH excluding ortho intramolecular Hbond substituents is 1. The van der Waals surface area contributed by atoms with Crippen molar-refractivity contribution in [2.45, 2.75) is 13.5 Å². The molecule has 0 aliphatic carbocycles. The van der Waals surface area contributed by atoms with Crippen LogP contribution in [-0.2, 0) is 6.54 Å². The van der Waals surface area contributed by atoms with E-state index in [1.807, 2.05) is 19.1 Å². The summed E-state index contributed by atoms with van der Waals surface area (Å²) in [6.07, 6.45) is 0. The standard InChI is InChI=1S/C15H14Cl2N2O/c1-9-2-3-11(6-14(9)17)15(18)19-8-10-4-12(16)7-13(20)5-10/h2-7,20H,8H2,1H3,(H2,18,19). The van der Waals surface area contributed by atoms with Crippen molar-refractivity contribution in [2.24, 2.45) is 10.7 Å². The molecule has 0 heterocycles. The summed E-state index contributed by atoms with van der Waals surface area (Å²) in [6.45, 7) is 2.26. The molecule has 0 unspecified atom stereocenters. The SMILES string of the molecule is Cc1ccc(C(N)=NCc2cc(O)cc(Cl)c2)cc1Cl. The van der Waals surface area contributed by atoms with Crippen molar-refractivity contribution in [3.05, 3.63) is 63.1 Å². The van der Waals surface area contributed by atoms with Gasteiger partial charge < -0.3 is 10.8 Å². The number of hydrogen-bond acceptors (Lipinski definition) is 2. The second-order valence-electron chi connectivity index (χ2n) is 4.48. The number of nitrogens with two attached hydrogens (primary N) is 1. The number of hydrogen-bond donors (Lipinski definition) is 2.